The Labute approximate surface area is 149 Å². The minimum Gasteiger partial charge on any atom is -0.489 e. The molecule has 2 aromatic carbocycles. The number of carbonyl (C=O) groups is 1. The number of rotatable bonds is 5. The van der Waals surface area contributed by atoms with Crippen LogP contribution in [-0.4, -0.2) is 36.8 Å². The zero-order chi connectivity index (χ0) is 17.1. The van der Waals surface area contributed by atoms with Crippen molar-refractivity contribution < 1.29 is 14.6 Å². The number of nitrogens with zero attached hydrogens (tertiary/aromatic N) is 1. The number of benzene rings is 2. The Morgan fingerprint density at radius 3 is 2.83 bits per heavy atom. The van der Waals surface area contributed by atoms with Crippen LogP contribution in [0.5, 0.6) is 5.75 Å². The Hall–Kier alpha value is -1.95. The number of halogens is 2. The van der Waals surface area contributed by atoms with E-state index in [4.69, 9.17) is 27.9 Å². The van der Waals surface area contributed by atoms with Gasteiger partial charge in [-0.3, -0.25) is 4.79 Å². The molecular formula is C17H16Cl2N2O3. The number of β-amino-alcohol motifs (C(OH)–C–C–N with tert-alkyl or cyclic N) is 1. The van der Waals surface area contributed by atoms with E-state index in [1.807, 2.05) is 29.2 Å². The van der Waals surface area contributed by atoms with Gasteiger partial charge in [0, 0.05) is 11.6 Å². The summed E-state index contributed by atoms with van der Waals surface area (Å²) in [4.78, 5) is 13.6. The molecule has 126 valence electrons. The number of aliphatic hydroxyl groups excluding tert-OH is 1. The number of aliphatic hydroxyl groups is 1. The molecule has 0 fully saturated rings. The third kappa shape index (κ3) is 3.93. The first-order valence-corrected chi connectivity index (χ1v) is 8.18. The first-order chi connectivity index (χ1) is 11.5. The normalized spacial score (nSPS) is 14.8. The second-order valence-corrected chi connectivity index (χ2v) is 6.33. The number of amides is 1. The molecule has 5 nitrogen and oxygen atoms in total. The van der Waals surface area contributed by atoms with Crippen LogP contribution >= 0.6 is 23.2 Å². The van der Waals surface area contributed by atoms with Crippen molar-refractivity contribution >= 4 is 40.5 Å². The molecular weight excluding hydrogens is 351 g/mol. The van der Waals surface area contributed by atoms with Crippen LogP contribution in [0.15, 0.2) is 42.5 Å². The lowest BCUT2D eigenvalue weighted by Crippen LogP contribution is -2.43. The Morgan fingerprint density at radius 1 is 1.25 bits per heavy atom. The summed E-state index contributed by atoms with van der Waals surface area (Å²) in [6.07, 6.45) is -0.782. The zero-order valence-corrected chi connectivity index (χ0v) is 14.2. The summed E-state index contributed by atoms with van der Waals surface area (Å²) >= 11 is 11.9. The molecule has 0 saturated carbocycles. The fourth-order valence-corrected chi connectivity index (χ4v) is 3.01. The van der Waals surface area contributed by atoms with Crippen molar-refractivity contribution in [2.45, 2.75) is 6.10 Å². The van der Waals surface area contributed by atoms with Crippen LogP contribution < -0.4 is 15.0 Å². The highest BCUT2D eigenvalue weighted by Gasteiger charge is 2.23. The molecule has 0 spiro atoms. The molecule has 2 N–H and O–H groups in total. The molecule has 0 saturated heterocycles. The van der Waals surface area contributed by atoms with E-state index >= 15 is 0 Å². The summed E-state index contributed by atoms with van der Waals surface area (Å²) in [6.45, 7) is 0.521. The largest absolute Gasteiger partial charge is 0.489 e. The molecule has 24 heavy (non-hydrogen) atoms. The monoisotopic (exact) mass is 366 g/mol. The molecule has 1 heterocycles. The van der Waals surface area contributed by atoms with Crippen molar-refractivity contribution in [2.75, 3.05) is 29.9 Å². The standard InChI is InChI=1S/C17H16Cl2N2O3/c18-11-5-6-16(13(19)7-11)24-10-12(22)8-21-9-17(23)20-14-3-1-2-4-15(14)21/h1-7,12,22H,8-10H2,(H,20,23)/t12-/m0/s1. The van der Waals surface area contributed by atoms with Crippen LogP contribution in [0.4, 0.5) is 11.4 Å². The van der Waals surface area contributed by atoms with Gasteiger partial charge in [0.05, 0.1) is 22.9 Å². The molecule has 3 rings (SSSR count). The van der Waals surface area contributed by atoms with Gasteiger partial charge in [-0.2, -0.15) is 0 Å². The molecule has 1 atom stereocenters. The topological polar surface area (TPSA) is 61.8 Å². The molecule has 0 bridgehead atoms. The van der Waals surface area contributed by atoms with Crippen molar-refractivity contribution in [2.24, 2.45) is 0 Å². The van der Waals surface area contributed by atoms with Crippen molar-refractivity contribution in [3.63, 3.8) is 0 Å². The summed E-state index contributed by atoms with van der Waals surface area (Å²) in [6, 6.07) is 12.4. The molecule has 1 aliphatic rings. The van der Waals surface area contributed by atoms with Crippen LogP contribution in [0.2, 0.25) is 10.0 Å². The van der Waals surface area contributed by atoms with Gasteiger partial charge in [-0.05, 0) is 30.3 Å². The van der Waals surface area contributed by atoms with Gasteiger partial charge in [-0.15, -0.1) is 0 Å². The molecule has 7 heteroatoms. The third-order valence-electron chi connectivity index (χ3n) is 3.61. The van der Waals surface area contributed by atoms with Crippen molar-refractivity contribution in [1.29, 1.82) is 0 Å². The van der Waals surface area contributed by atoms with Crippen molar-refractivity contribution in [3.8, 4) is 5.75 Å². The van der Waals surface area contributed by atoms with E-state index in [1.165, 1.54) is 0 Å². The van der Waals surface area contributed by atoms with E-state index in [9.17, 15) is 9.90 Å². The van der Waals surface area contributed by atoms with Gasteiger partial charge in [0.15, 0.2) is 0 Å². The lowest BCUT2D eigenvalue weighted by molar-refractivity contribution is -0.115. The lowest BCUT2D eigenvalue weighted by atomic mass is 10.2. The molecule has 0 aliphatic carbocycles. The maximum atomic E-state index is 11.8. The molecule has 0 unspecified atom stereocenters. The third-order valence-corrected chi connectivity index (χ3v) is 4.14. The molecule has 0 radical (unpaired) electrons. The number of hydrogen-bond acceptors (Lipinski definition) is 4. The highest BCUT2D eigenvalue weighted by Crippen LogP contribution is 2.30. The van der Waals surface area contributed by atoms with Gasteiger partial charge in [-0.25, -0.2) is 0 Å². The number of nitrogens with one attached hydrogen (secondary N) is 1. The van der Waals surface area contributed by atoms with Crippen LogP contribution in [0.1, 0.15) is 0 Å². The highest BCUT2D eigenvalue weighted by atomic mass is 35.5. The van der Waals surface area contributed by atoms with Crippen LogP contribution in [0, 0.1) is 0 Å². The van der Waals surface area contributed by atoms with Gasteiger partial charge < -0.3 is 20.1 Å². The number of fused-ring (bicyclic) bond motifs is 1. The maximum Gasteiger partial charge on any atom is 0.243 e. The SMILES string of the molecule is O=C1CN(C[C@H](O)COc2ccc(Cl)cc2Cl)c2ccccc2N1. The van der Waals surface area contributed by atoms with Gasteiger partial charge in [0.2, 0.25) is 5.91 Å². The summed E-state index contributed by atoms with van der Waals surface area (Å²) < 4.78 is 5.54. The number of carbonyl (C=O) groups excluding carboxylic acids is 1. The second kappa shape index (κ2) is 7.30. The number of hydrogen-bond donors (Lipinski definition) is 2. The Morgan fingerprint density at radius 2 is 2.04 bits per heavy atom. The van der Waals surface area contributed by atoms with Crippen LogP contribution in [0.25, 0.3) is 0 Å². The fourth-order valence-electron chi connectivity index (χ4n) is 2.55. The Balaban J connectivity index is 1.63. The number of para-hydroxylation sites is 2. The number of anilines is 2. The quantitative estimate of drug-likeness (QED) is 0.852. The minimum absolute atomic E-state index is 0.0572. The minimum atomic E-state index is -0.782. The summed E-state index contributed by atoms with van der Waals surface area (Å²) in [7, 11) is 0. The van der Waals surface area contributed by atoms with Crippen molar-refractivity contribution in [1.82, 2.24) is 0 Å². The smallest absolute Gasteiger partial charge is 0.243 e. The summed E-state index contributed by atoms with van der Waals surface area (Å²) in [5.41, 5.74) is 1.61. The molecule has 1 aliphatic heterocycles. The second-order valence-electron chi connectivity index (χ2n) is 5.49. The highest BCUT2D eigenvalue weighted by molar-refractivity contribution is 6.35. The van der Waals surface area contributed by atoms with E-state index in [0.717, 1.165) is 11.4 Å². The number of ether oxygens (including phenoxy) is 1. The predicted octanol–water partition coefficient (Wildman–Crippen LogP) is 3.19. The molecule has 0 aromatic heterocycles. The molecule has 2 aromatic rings. The van der Waals surface area contributed by atoms with Crippen LogP contribution in [-0.2, 0) is 4.79 Å². The zero-order valence-electron chi connectivity index (χ0n) is 12.7. The van der Waals surface area contributed by atoms with E-state index < -0.39 is 6.10 Å². The van der Waals surface area contributed by atoms with E-state index in [2.05, 4.69) is 5.32 Å². The Kier molecular flexibility index (Phi) is 5.14. The first-order valence-electron chi connectivity index (χ1n) is 7.42. The van der Waals surface area contributed by atoms with E-state index in [0.29, 0.717) is 15.8 Å². The van der Waals surface area contributed by atoms with Gasteiger partial charge in [-0.1, -0.05) is 35.3 Å². The van der Waals surface area contributed by atoms with Gasteiger partial charge in [0.25, 0.3) is 0 Å². The fraction of sp³-hybridized carbons (Fsp3) is 0.235. The van der Waals surface area contributed by atoms with E-state index in [-0.39, 0.29) is 25.6 Å². The predicted molar refractivity (Wildman–Crippen MR) is 95.2 cm³/mol. The maximum absolute atomic E-state index is 11.8. The van der Waals surface area contributed by atoms with Gasteiger partial charge in [0.1, 0.15) is 18.5 Å². The average Bonchev–Trinajstić information content (AvgIpc) is 2.54. The summed E-state index contributed by atoms with van der Waals surface area (Å²) in [5.74, 6) is 0.347. The summed E-state index contributed by atoms with van der Waals surface area (Å²) in [5, 5.41) is 14.0. The van der Waals surface area contributed by atoms with Crippen LogP contribution in [0.3, 0.4) is 0 Å². The average molecular weight is 367 g/mol. The molecule has 1 amide bonds. The first kappa shape index (κ1) is 16.9. The van der Waals surface area contributed by atoms with Crippen molar-refractivity contribution in [3.05, 3.63) is 52.5 Å². The lowest BCUT2D eigenvalue weighted by Gasteiger charge is -2.32. The van der Waals surface area contributed by atoms with Gasteiger partial charge >= 0.3 is 0 Å². The van der Waals surface area contributed by atoms with E-state index in [1.54, 1.807) is 18.2 Å². The Bertz CT molecular complexity index is 754.